The lowest BCUT2D eigenvalue weighted by atomic mass is 9.83. The van der Waals surface area contributed by atoms with Crippen molar-refractivity contribution in [3.8, 4) is 0 Å². The van der Waals surface area contributed by atoms with Crippen molar-refractivity contribution in [2.75, 3.05) is 0 Å². The smallest absolute Gasteiger partial charge is 0.306 e. The van der Waals surface area contributed by atoms with Crippen molar-refractivity contribution < 1.29 is 4.79 Å². The Morgan fingerprint density at radius 3 is 2.47 bits per heavy atom. The fourth-order valence-electron chi connectivity index (χ4n) is 2.58. The van der Waals surface area contributed by atoms with Crippen molar-refractivity contribution in [3.05, 3.63) is 34.2 Å². The molecule has 88 valence electrons. The molecule has 1 fully saturated rings. The van der Waals surface area contributed by atoms with Gasteiger partial charge in [-0.1, -0.05) is 6.07 Å². The third-order valence-corrected chi connectivity index (χ3v) is 3.55. The fraction of sp³-hybridized carbons (Fsp3) is 0.385. The highest BCUT2D eigenvalue weighted by Gasteiger charge is 2.20. The minimum absolute atomic E-state index is 0.170. The summed E-state index contributed by atoms with van der Waals surface area (Å²) in [5.74, 6) is 0.827. The average Bonchev–Trinajstić information content (AvgIpc) is 2.69. The molecule has 0 spiro atoms. The molecule has 1 aliphatic carbocycles. The first-order valence-electron chi connectivity index (χ1n) is 5.96. The lowest BCUT2D eigenvalue weighted by molar-refractivity contribution is -0.120. The molecule has 2 aromatic rings. The maximum Gasteiger partial charge on any atom is 0.323 e. The third kappa shape index (κ3) is 1.90. The zero-order chi connectivity index (χ0) is 11.8. The van der Waals surface area contributed by atoms with E-state index in [1.54, 1.807) is 0 Å². The summed E-state index contributed by atoms with van der Waals surface area (Å²) in [5, 5.41) is 0. The van der Waals surface area contributed by atoms with Crippen molar-refractivity contribution in [1.29, 1.82) is 0 Å². The number of ketones is 1. The van der Waals surface area contributed by atoms with Crippen LogP contribution in [0.3, 0.4) is 0 Å². The number of nitrogens with one attached hydrogen (secondary N) is 2. The molecule has 1 heterocycles. The van der Waals surface area contributed by atoms with E-state index < -0.39 is 0 Å². The number of aromatic amines is 2. The van der Waals surface area contributed by atoms with Gasteiger partial charge in [-0.15, -0.1) is 0 Å². The number of carbonyl (C=O) groups is 1. The largest absolute Gasteiger partial charge is 0.323 e. The molecular formula is C13H14N2O2. The van der Waals surface area contributed by atoms with Gasteiger partial charge < -0.3 is 9.97 Å². The SMILES string of the molecule is O=C1CCC(c2ccc3[nH]c(=O)[nH]c3c2)CC1. The molecule has 0 unspecified atom stereocenters. The second kappa shape index (κ2) is 3.87. The topological polar surface area (TPSA) is 65.7 Å². The zero-order valence-electron chi connectivity index (χ0n) is 9.45. The number of H-pyrrole nitrogens is 2. The summed E-state index contributed by atoms with van der Waals surface area (Å²) in [7, 11) is 0. The van der Waals surface area contributed by atoms with Crippen LogP contribution in [0.15, 0.2) is 23.0 Å². The Hall–Kier alpha value is -1.84. The van der Waals surface area contributed by atoms with Crippen LogP contribution < -0.4 is 5.69 Å². The van der Waals surface area contributed by atoms with Gasteiger partial charge in [0, 0.05) is 12.8 Å². The number of fused-ring (bicyclic) bond motifs is 1. The van der Waals surface area contributed by atoms with Crippen LogP contribution in [0.5, 0.6) is 0 Å². The number of benzene rings is 1. The number of rotatable bonds is 1. The molecule has 0 bridgehead atoms. The molecule has 1 aliphatic rings. The molecule has 2 N–H and O–H groups in total. The Balaban J connectivity index is 1.94. The quantitative estimate of drug-likeness (QED) is 0.787. The van der Waals surface area contributed by atoms with E-state index in [4.69, 9.17) is 0 Å². The van der Waals surface area contributed by atoms with E-state index in [0.717, 1.165) is 23.9 Å². The fourth-order valence-corrected chi connectivity index (χ4v) is 2.58. The van der Waals surface area contributed by atoms with E-state index >= 15 is 0 Å². The maximum absolute atomic E-state index is 11.2. The number of hydrogen-bond acceptors (Lipinski definition) is 2. The van der Waals surface area contributed by atoms with E-state index in [9.17, 15) is 9.59 Å². The van der Waals surface area contributed by atoms with Gasteiger partial charge in [-0.3, -0.25) is 4.79 Å². The van der Waals surface area contributed by atoms with Gasteiger partial charge in [0.05, 0.1) is 11.0 Å². The number of carbonyl (C=O) groups excluding carboxylic acids is 1. The normalized spacial score (nSPS) is 17.8. The van der Waals surface area contributed by atoms with Crippen molar-refractivity contribution in [3.63, 3.8) is 0 Å². The second-order valence-electron chi connectivity index (χ2n) is 4.70. The minimum atomic E-state index is -0.170. The Kier molecular flexibility index (Phi) is 2.35. The van der Waals surface area contributed by atoms with E-state index in [-0.39, 0.29) is 5.69 Å². The number of aromatic nitrogens is 2. The van der Waals surface area contributed by atoms with Gasteiger partial charge >= 0.3 is 5.69 Å². The molecule has 0 aliphatic heterocycles. The Morgan fingerprint density at radius 2 is 1.71 bits per heavy atom. The highest BCUT2D eigenvalue weighted by Crippen LogP contribution is 2.31. The lowest BCUT2D eigenvalue weighted by Gasteiger charge is -2.21. The van der Waals surface area contributed by atoms with Gasteiger partial charge in [-0.25, -0.2) is 4.79 Å². The summed E-state index contributed by atoms with van der Waals surface area (Å²) in [6.07, 6.45) is 3.23. The van der Waals surface area contributed by atoms with Gasteiger partial charge in [0.15, 0.2) is 0 Å². The molecule has 0 atom stereocenters. The standard InChI is InChI=1S/C13H14N2O2/c16-10-4-1-8(2-5-10)9-3-6-11-12(7-9)15-13(17)14-11/h3,6-8H,1-2,4-5H2,(H2,14,15,17). The predicted octanol–water partition coefficient (Wildman–Crippen LogP) is 2.08. The first-order valence-corrected chi connectivity index (χ1v) is 5.96. The Bertz CT molecular complexity index is 614. The lowest BCUT2D eigenvalue weighted by Crippen LogP contribution is -2.12. The summed E-state index contributed by atoms with van der Waals surface area (Å²) >= 11 is 0. The van der Waals surface area contributed by atoms with Gasteiger partial charge in [0.25, 0.3) is 0 Å². The minimum Gasteiger partial charge on any atom is -0.306 e. The highest BCUT2D eigenvalue weighted by atomic mass is 16.1. The molecule has 4 nitrogen and oxygen atoms in total. The van der Waals surface area contributed by atoms with Crippen LogP contribution in [0, 0.1) is 0 Å². The molecule has 1 aromatic carbocycles. The molecule has 0 saturated heterocycles. The van der Waals surface area contributed by atoms with Gasteiger partial charge in [-0.2, -0.15) is 0 Å². The molecule has 3 rings (SSSR count). The van der Waals surface area contributed by atoms with Crippen LogP contribution in [-0.2, 0) is 4.79 Å². The van der Waals surface area contributed by atoms with E-state index in [2.05, 4.69) is 9.97 Å². The first-order chi connectivity index (χ1) is 8.22. The molecule has 17 heavy (non-hydrogen) atoms. The summed E-state index contributed by atoms with van der Waals surface area (Å²) in [5.41, 5.74) is 2.74. The molecule has 4 heteroatoms. The predicted molar refractivity (Wildman–Crippen MR) is 65.1 cm³/mol. The van der Waals surface area contributed by atoms with Crippen LogP contribution in [-0.4, -0.2) is 15.8 Å². The van der Waals surface area contributed by atoms with Crippen LogP contribution in [0.4, 0.5) is 0 Å². The van der Waals surface area contributed by atoms with E-state index in [1.807, 2.05) is 18.2 Å². The summed E-state index contributed by atoms with van der Waals surface area (Å²) < 4.78 is 0. The number of imidazole rings is 1. The Morgan fingerprint density at radius 1 is 1.00 bits per heavy atom. The van der Waals surface area contributed by atoms with Gasteiger partial charge in [0.2, 0.25) is 0 Å². The van der Waals surface area contributed by atoms with Crippen LogP contribution >= 0.6 is 0 Å². The first kappa shape index (κ1) is 10.3. The maximum atomic E-state index is 11.2. The van der Waals surface area contributed by atoms with Crippen molar-refractivity contribution in [1.82, 2.24) is 9.97 Å². The highest BCUT2D eigenvalue weighted by molar-refractivity contribution is 5.79. The molecule has 1 aromatic heterocycles. The van der Waals surface area contributed by atoms with Gasteiger partial charge in [0.1, 0.15) is 5.78 Å². The summed E-state index contributed by atoms with van der Waals surface area (Å²) in [6, 6.07) is 6.00. The summed E-state index contributed by atoms with van der Waals surface area (Å²) in [6.45, 7) is 0. The second-order valence-corrected chi connectivity index (χ2v) is 4.70. The molecule has 0 radical (unpaired) electrons. The van der Waals surface area contributed by atoms with Crippen molar-refractivity contribution in [2.24, 2.45) is 0 Å². The van der Waals surface area contributed by atoms with Crippen molar-refractivity contribution in [2.45, 2.75) is 31.6 Å². The molecule has 1 saturated carbocycles. The monoisotopic (exact) mass is 230 g/mol. The van der Waals surface area contributed by atoms with Crippen LogP contribution in [0.25, 0.3) is 11.0 Å². The van der Waals surface area contributed by atoms with Crippen LogP contribution in [0.2, 0.25) is 0 Å². The van der Waals surface area contributed by atoms with Crippen molar-refractivity contribution >= 4 is 16.8 Å². The third-order valence-electron chi connectivity index (χ3n) is 3.55. The van der Waals surface area contributed by atoms with E-state index in [1.165, 1.54) is 5.56 Å². The molecule has 0 amide bonds. The Labute approximate surface area is 98.0 Å². The average molecular weight is 230 g/mol. The molecular weight excluding hydrogens is 216 g/mol. The number of hydrogen-bond donors (Lipinski definition) is 2. The summed E-state index contributed by atoms with van der Waals surface area (Å²) in [4.78, 5) is 27.9. The number of Topliss-reactive ketones (excluding diaryl/α,β-unsaturated/α-hetero) is 1. The van der Waals surface area contributed by atoms with Crippen LogP contribution in [0.1, 0.15) is 37.2 Å². The zero-order valence-corrected chi connectivity index (χ0v) is 9.45. The van der Waals surface area contributed by atoms with E-state index in [0.29, 0.717) is 24.5 Å². The van der Waals surface area contributed by atoms with Gasteiger partial charge in [-0.05, 0) is 36.5 Å².